The number of alkyl halides is 3. The molecule has 2 rings (SSSR count). The Bertz CT molecular complexity index is 350. The molecule has 2 aliphatic heterocycles. The molecular weight excluding hydrogens is 251 g/mol. The minimum atomic E-state index is -5.08. The fraction of sp³-hybridized carbons (Fsp3) is 0.571. The normalized spacial score (nSPS) is 21.7. The summed E-state index contributed by atoms with van der Waals surface area (Å²) in [5.41, 5.74) is 0. The predicted octanol–water partition coefficient (Wildman–Crippen LogP) is -0.196. The van der Waals surface area contributed by atoms with Crippen LogP contribution in [0.5, 0.6) is 0 Å². The second-order valence-corrected chi connectivity index (χ2v) is 4.48. The number of aliphatic carboxylic acids is 1. The number of halogens is 3. The Kier molecular flexibility index (Phi) is 3.29. The third kappa shape index (κ3) is 2.35. The van der Waals surface area contributed by atoms with Crippen molar-refractivity contribution in [2.75, 3.05) is 13.1 Å². The van der Waals surface area contributed by atoms with E-state index < -0.39 is 12.1 Å². The van der Waals surface area contributed by atoms with Gasteiger partial charge in [-0.05, 0) is 0 Å². The smallest absolute Gasteiger partial charge is 0.475 e. The minimum Gasteiger partial charge on any atom is -0.475 e. The highest BCUT2D eigenvalue weighted by atomic mass is 32.2. The molecule has 0 aromatic heterocycles. The largest absolute Gasteiger partial charge is 0.490 e. The molecule has 9 heteroatoms. The summed E-state index contributed by atoms with van der Waals surface area (Å²) in [4.78, 5) is 30.1. The van der Waals surface area contributed by atoms with Gasteiger partial charge in [-0.15, -0.1) is 0 Å². The lowest BCUT2D eigenvalue weighted by atomic mass is 9.96. The Morgan fingerprint density at radius 3 is 1.88 bits per heavy atom. The van der Waals surface area contributed by atoms with Crippen LogP contribution in [-0.2, 0) is 14.4 Å². The standard InChI is InChI=1S/C5H5NO2S.C2HF3O2/c7-3-4(8)9-5(3)1-6-2-5;3-2(4,5)1(6)7/h6H,1-2H2;(H,6,7). The first-order valence-corrected chi connectivity index (χ1v) is 4.79. The maximum absolute atomic E-state index is 10.8. The summed E-state index contributed by atoms with van der Waals surface area (Å²) in [6.45, 7) is 1.37. The van der Waals surface area contributed by atoms with Crippen LogP contribution in [0.15, 0.2) is 0 Å². The minimum absolute atomic E-state index is 0.189. The summed E-state index contributed by atoms with van der Waals surface area (Å²) >= 11 is 1.17. The Hall–Kier alpha value is -1.09. The Morgan fingerprint density at radius 2 is 1.81 bits per heavy atom. The van der Waals surface area contributed by atoms with Crippen LogP contribution in [0.25, 0.3) is 0 Å². The van der Waals surface area contributed by atoms with Crippen molar-refractivity contribution in [1.29, 1.82) is 0 Å². The van der Waals surface area contributed by atoms with E-state index in [1.54, 1.807) is 0 Å². The topological polar surface area (TPSA) is 83.5 Å². The summed E-state index contributed by atoms with van der Waals surface area (Å²) < 4.78 is 31.4. The van der Waals surface area contributed by atoms with Crippen molar-refractivity contribution in [1.82, 2.24) is 5.32 Å². The van der Waals surface area contributed by atoms with E-state index in [2.05, 4.69) is 5.32 Å². The van der Waals surface area contributed by atoms with Crippen LogP contribution in [0, 0.1) is 0 Å². The third-order valence-electron chi connectivity index (χ3n) is 1.95. The molecule has 2 fully saturated rings. The SMILES string of the molecule is O=C(O)C(F)(F)F.O=C1SC2(CNC2)C1=O. The molecule has 0 aliphatic carbocycles. The van der Waals surface area contributed by atoms with Crippen LogP contribution in [0.1, 0.15) is 0 Å². The highest BCUT2D eigenvalue weighted by molar-refractivity contribution is 8.21. The number of hydrogen-bond donors (Lipinski definition) is 2. The van der Waals surface area contributed by atoms with E-state index in [9.17, 15) is 22.8 Å². The number of Topliss-reactive ketones (excluding diaryl/α,β-unsaturated/α-hetero) is 1. The van der Waals surface area contributed by atoms with Crippen molar-refractivity contribution in [3.63, 3.8) is 0 Å². The number of carboxylic acids is 1. The van der Waals surface area contributed by atoms with Crippen molar-refractivity contribution in [3.8, 4) is 0 Å². The highest BCUT2D eigenvalue weighted by Crippen LogP contribution is 2.41. The fourth-order valence-electron chi connectivity index (χ4n) is 0.995. The third-order valence-corrected chi connectivity index (χ3v) is 3.19. The maximum atomic E-state index is 10.8. The molecule has 0 aromatic rings. The molecule has 2 heterocycles. The van der Waals surface area contributed by atoms with Gasteiger partial charge in [-0.3, -0.25) is 9.59 Å². The van der Waals surface area contributed by atoms with Gasteiger partial charge >= 0.3 is 12.1 Å². The lowest BCUT2D eigenvalue weighted by molar-refractivity contribution is -0.192. The lowest BCUT2D eigenvalue weighted by Gasteiger charge is -2.44. The molecule has 16 heavy (non-hydrogen) atoms. The fourth-order valence-corrected chi connectivity index (χ4v) is 2.02. The molecule has 0 radical (unpaired) electrons. The summed E-state index contributed by atoms with van der Waals surface area (Å²) in [6, 6.07) is 0. The molecule has 5 nitrogen and oxygen atoms in total. The van der Waals surface area contributed by atoms with Crippen molar-refractivity contribution in [2.45, 2.75) is 10.9 Å². The van der Waals surface area contributed by atoms with E-state index in [0.717, 1.165) is 0 Å². The number of carboxylic acid groups (broad SMARTS) is 1. The number of rotatable bonds is 0. The molecule has 1 spiro atoms. The molecule has 0 bridgehead atoms. The first kappa shape index (κ1) is 13.0. The van der Waals surface area contributed by atoms with Crippen molar-refractivity contribution >= 4 is 28.6 Å². The van der Waals surface area contributed by atoms with Crippen molar-refractivity contribution in [2.24, 2.45) is 0 Å². The van der Waals surface area contributed by atoms with Crippen molar-refractivity contribution in [3.05, 3.63) is 0 Å². The second-order valence-electron chi connectivity index (χ2n) is 3.12. The van der Waals surface area contributed by atoms with Crippen LogP contribution in [-0.4, -0.2) is 46.0 Å². The van der Waals surface area contributed by atoms with Crippen molar-refractivity contribution < 1.29 is 32.7 Å². The Morgan fingerprint density at radius 1 is 1.38 bits per heavy atom. The van der Waals surface area contributed by atoms with Gasteiger partial charge in [0.25, 0.3) is 5.12 Å². The Labute approximate surface area is 91.4 Å². The number of nitrogens with one attached hydrogen (secondary N) is 1. The van der Waals surface area contributed by atoms with Crippen LogP contribution in [0.3, 0.4) is 0 Å². The predicted molar refractivity (Wildman–Crippen MR) is 46.9 cm³/mol. The van der Waals surface area contributed by atoms with Gasteiger partial charge in [-0.1, -0.05) is 11.8 Å². The van der Waals surface area contributed by atoms with Gasteiger partial charge in [0.1, 0.15) is 4.75 Å². The Balaban J connectivity index is 0.000000168. The van der Waals surface area contributed by atoms with E-state index in [-0.39, 0.29) is 15.6 Å². The van der Waals surface area contributed by atoms with Crippen LogP contribution in [0.4, 0.5) is 13.2 Å². The molecule has 0 amide bonds. The number of carbonyl (C=O) groups is 3. The van der Waals surface area contributed by atoms with Gasteiger partial charge in [-0.2, -0.15) is 13.2 Å². The summed E-state index contributed by atoms with van der Waals surface area (Å²) in [7, 11) is 0. The summed E-state index contributed by atoms with van der Waals surface area (Å²) in [6.07, 6.45) is -5.08. The number of hydrogen-bond acceptors (Lipinski definition) is 5. The van der Waals surface area contributed by atoms with Gasteiger partial charge in [-0.25, -0.2) is 4.79 Å². The van der Waals surface area contributed by atoms with Crippen LogP contribution in [0.2, 0.25) is 0 Å². The molecule has 2 saturated heterocycles. The average Bonchev–Trinajstić information content (AvgIpc) is 2.09. The number of ketones is 1. The van der Waals surface area contributed by atoms with Gasteiger partial charge in [0, 0.05) is 13.1 Å². The van der Waals surface area contributed by atoms with Crippen LogP contribution >= 0.6 is 11.8 Å². The zero-order chi connectivity index (χ0) is 12.6. The zero-order valence-corrected chi connectivity index (χ0v) is 8.44. The monoisotopic (exact) mass is 257 g/mol. The first-order valence-electron chi connectivity index (χ1n) is 3.98. The maximum Gasteiger partial charge on any atom is 0.490 e. The van der Waals surface area contributed by atoms with E-state index in [0.29, 0.717) is 13.1 Å². The summed E-state index contributed by atoms with van der Waals surface area (Å²) in [5, 5.41) is 9.82. The molecule has 2 N–H and O–H groups in total. The van der Waals surface area contributed by atoms with E-state index in [4.69, 9.17) is 9.90 Å². The van der Waals surface area contributed by atoms with Gasteiger partial charge < -0.3 is 10.4 Å². The molecule has 0 unspecified atom stereocenters. The molecule has 0 atom stereocenters. The molecule has 0 aromatic carbocycles. The van der Waals surface area contributed by atoms with Gasteiger partial charge in [0.05, 0.1) is 0 Å². The first-order chi connectivity index (χ1) is 7.19. The average molecular weight is 257 g/mol. The second kappa shape index (κ2) is 4.06. The highest BCUT2D eigenvalue weighted by Gasteiger charge is 2.58. The van der Waals surface area contributed by atoms with Gasteiger partial charge in [0.2, 0.25) is 5.78 Å². The van der Waals surface area contributed by atoms with E-state index in [1.165, 1.54) is 11.8 Å². The van der Waals surface area contributed by atoms with E-state index in [1.807, 2.05) is 0 Å². The number of thioether (sulfide) groups is 1. The number of carbonyl (C=O) groups excluding carboxylic acids is 2. The lowest BCUT2D eigenvalue weighted by Crippen LogP contribution is -2.69. The zero-order valence-electron chi connectivity index (χ0n) is 7.63. The quantitative estimate of drug-likeness (QED) is 0.585. The van der Waals surface area contributed by atoms with E-state index >= 15 is 0 Å². The molecular formula is C7H6F3NO4S. The van der Waals surface area contributed by atoms with Gasteiger partial charge in [0.15, 0.2) is 0 Å². The van der Waals surface area contributed by atoms with Crippen LogP contribution < -0.4 is 5.32 Å². The molecule has 0 saturated carbocycles. The molecule has 2 aliphatic rings. The summed E-state index contributed by atoms with van der Waals surface area (Å²) in [5.74, 6) is -2.95. The molecule has 90 valence electrons.